The zero-order chi connectivity index (χ0) is 14.6. The molecule has 0 saturated heterocycles. The van der Waals surface area contributed by atoms with Gasteiger partial charge in [-0.1, -0.05) is 11.2 Å². The van der Waals surface area contributed by atoms with Crippen LogP contribution in [0.2, 0.25) is 0 Å². The molecule has 0 spiro atoms. The van der Waals surface area contributed by atoms with E-state index < -0.39 is 0 Å². The molecule has 2 heterocycles. The lowest BCUT2D eigenvalue weighted by atomic mass is 9.85. The highest BCUT2D eigenvalue weighted by molar-refractivity contribution is 5.54. The molecule has 110 valence electrons. The number of hydrogen-bond donors (Lipinski definition) is 1. The molecule has 2 fully saturated rings. The van der Waals surface area contributed by atoms with Crippen LogP contribution in [0, 0.1) is 25.7 Å². The highest BCUT2D eigenvalue weighted by Gasteiger charge is 2.48. The van der Waals surface area contributed by atoms with Gasteiger partial charge >= 0.3 is 0 Å². The van der Waals surface area contributed by atoms with E-state index in [2.05, 4.69) is 21.2 Å². The van der Waals surface area contributed by atoms with Crippen LogP contribution in [0.3, 0.4) is 0 Å². The summed E-state index contributed by atoms with van der Waals surface area (Å²) in [6.07, 6.45) is 5.54. The van der Waals surface area contributed by atoms with E-state index in [-0.39, 0.29) is 12.0 Å². The molecule has 0 amide bonds. The molecule has 21 heavy (non-hydrogen) atoms. The lowest BCUT2D eigenvalue weighted by Gasteiger charge is -2.24. The Labute approximate surface area is 124 Å². The van der Waals surface area contributed by atoms with Crippen LogP contribution in [0.4, 0.5) is 0 Å². The topological polar surface area (TPSA) is 77.8 Å². The molecule has 4 atom stereocenters. The molecule has 2 saturated carbocycles. The lowest BCUT2D eigenvalue weighted by molar-refractivity contribution is 0.279. The van der Waals surface area contributed by atoms with Gasteiger partial charge in [0, 0.05) is 12.2 Å². The first kappa shape index (κ1) is 13.0. The van der Waals surface area contributed by atoms with Crippen molar-refractivity contribution < 1.29 is 4.52 Å². The number of pyridine rings is 1. The Hall–Kier alpha value is -1.75. The molecule has 0 aliphatic heterocycles. The minimum atomic E-state index is 0.170. The largest absolute Gasteiger partial charge is 0.339 e. The zero-order valence-corrected chi connectivity index (χ0v) is 12.4. The first-order valence-electron chi connectivity index (χ1n) is 7.66. The van der Waals surface area contributed by atoms with Crippen LogP contribution in [0.25, 0.3) is 11.5 Å². The van der Waals surface area contributed by atoms with E-state index in [4.69, 9.17) is 10.3 Å². The van der Waals surface area contributed by atoms with Gasteiger partial charge in [0.15, 0.2) is 0 Å². The van der Waals surface area contributed by atoms with Gasteiger partial charge in [-0.05, 0) is 56.1 Å². The number of aromatic nitrogens is 3. The summed E-state index contributed by atoms with van der Waals surface area (Å²) < 4.78 is 5.53. The third-order valence-corrected chi connectivity index (χ3v) is 5.13. The van der Waals surface area contributed by atoms with Crippen LogP contribution in [0.15, 0.2) is 16.8 Å². The maximum absolute atomic E-state index is 6.35. The van der Waals surface area contributed by atoms with E-state index in [1.54, 1.807) is 0 Å². The summed E-state index contributed by atoms with van der Waals surface area (Å²) in [5, 5.41) is 4.14. The Kier molecular flexibility index (Phi) is 2.85. The monoisotopic (exact) mass is 284 g/mol. The van der Waals surface area contributed by atoms with E-state index in [9.17, 15) is 0 Å². The molecule has 2 aliphatic carbocycles. The number of hydrogen-bond acceptors (Lipinski definition) is 5. The van der Waals surface area contributed by atoms with E-state index in [1.165, 1.54) is 19.3 Å². The van der Waals surface area contributed by atoms with Crippen molar-refractivity contribution in [3.63, 3.8) is 0 Å². The summed E-state index contributed by atoms with van der Waals surface area (Å²) in [7, 11) is 0. The van der Waals surface area contributed by atoms with Gasteiger partial charge in [0.2, 0.25) is 11.7 Å². The second-order valence-electron chi connectivity index (χ2n) is 6.57. The minimum Gasteiger partial charge on any atom is -0.339 e. The van der Waals surface area contributed by atoms with Gasteiger partial charge in [0.25, 0.3) is 0 Å². The molecule has 5 heteroatoms. The molecule has 0 aromatic carbocycles. The smallest absolute Gasteiger partial charge is 0.231 e. The second-order valence-corrected chi connectivity index (χ2v) is 6.57. The van der Waals surface area contributed by atoms with Gasteiger partial charge in [-0.15, -0.1) is 0 Å². The highest BCUT2D eigenvalue weighted by Crippen LogP contribution is 2.51. The summed E-state index contributed by atoms with van der Waals surface area (Å²) in [6, 6.07) is 2.26. The Bertz CT molecular complexity index is 679. The number of fused-ring (bicyclic) bond motifs is 2. The van der Waals surface area contributed by atoms with Gasteiger partial charge in [0.05, 0.1) is 5.92 Å². The van der Waals surface area contributed by atoms with Crippen molar-refractivity contribution in [2.75, 3.05) is 0 Å². The average molecular weight is 284 g/mol. The first-order valence-corrected chi connectivity index (χ1v) is 7.66. The molecular weight excluding hydrogens is 264 g/mol. The molecular formula is C16H20N4O. The molecule has 2 aromatic heterocycles. The van der Waals surface area contributed by atoms with Gasteiger partial charge < -0.3 is 10.3 Å². The van der Waals surface area contributed by atoms with Gasteiger partial charge in [-0.2, -0.15) is 4.98 Å². The quantitative estimate of drug-likeness (QED) is 0.917. The molecule has 2 aliphatic rings. The molecule has 2 bridgehead atoms. The first-order chi connectivity index (χ1) is 10.1. The Morgan fingerprint density at radius 1 is 1.24 bits per heavy atom. The Morgan fingerprint density at radius 2 is 2.05 bits per heavy atom. The van der Waals surface area contributed by atoms with Crippen LogP contribution in [-0.4, -0.2) is 21.2 Å². The summed E-state index contributed by atoms with van der Waals surface area (Å²) in [4.78, 5) is 9.04. The van der Waals surface area contributed by atoms with Crippen molar-refractivity contribution in [1.29, 1.82) is 0 Å². The number of nitrogens with two attached hydrogens (primary N) is 1. The van der Waals surface area contributed by atoms with E-state index in [0.29, 0.717) is 23.6 Å². The molecule has 0 radical (unpaired) electrons. The van der Waals surface area contributed by atoms with Crippen LogP contribution in [0.1, 0.15) is 42.2 Å². The zero-order valence-electron chi connectivity index (χ0n) is 12.4. The average Bonchev–Trinajstić information content (AvgIpc) is 3.13. The summed E-state index contributed by atoms with van der Waals surface area (Å²) in [5.41, 5.74) is 9.35. The van der Waals surface area contributed by atoms with Crippen molar-refractivity contribution in [2.45, 2.75) is 45.1 Å². The fourth-order valence-corrected chi connectivity index (χ4v) is 4.12. The van der Waals surface area contributed by atoms with Gasteiger partial charge in [0.1, 0.15) is 5.69 Å². The summed E-state index contributed by atoms with van der Waals surface area (Å²) in [6.45, 7) is 4.05. The van der Waals surface area contributed by atoms with Crippen LogP contribution in [-0.2, 0) is 0 Å². The van der Waals surface area contributed by atoms with Crippen molar-refractivity contribution in [3.8, 4) is 11.5 Å². The van der Waals surface area contributed by atoms with E-state index >= 15 is 0 Å². The Morgan fingerprint density at radius 3 is 2.76 bits per heavy atom. The second kappa shape index (κ2) is 4.63. The molecule has 5 nitrogen and oxygen atoms in total. The lowest BCUT2D eigenvalue weighted by Crippen LogP contribution is -2.34. The third kappa shape index (κ3) is 1.99. The third-order valence-electron chi connectivity index (χ3n) is 5.13. The van der Waals surface area contributed by atoms with Gasteiger partial charge in [-0.3, -0.25) is 4.98 Å². The van der Waals surface area contributed by atoms with Crippen molar-refractivity contribution in [3.05, 3.63) is 29.3 Å². The standard InChI is InChI=1S/C16H20N4O/c1-8-5-9(2)14(18-7-8)15-19-16(21-20-15)12-10-3-4-11(6-10)13(12)17/h5,7,10-13H,3-4,6,17H2,1-2H3. The molecule has 4 rings (SSSR count). The van der Waals surface area contributed by atoms with Crippen molar-refractivity contribution in [1.82, 2.24) is 15.1 Å². The predicted octanol–water partition coefficient (Wildman–Crippen LogP) is 2.59. The fraction of sp³-hybridized carbons (Fsp3) is 0.562. The summed E-state index contributed by atoms with van der Waals surface area (Å²) >= 11 is 0. The predicted molar refractivity (Wildman–Crippen MR) is 78.6 cm³/mol. The normalized spacial score (nSPS) is 31.0. The van der Waals surface area contributed by atoms with E-state index in [0.717, 1.165) is 16.8 Å². The molecule has 2 N–H and O–H groups in total. The van der Waals surface area contributed by atoms with E-state index in [1.807, 2.05) is 20.0 Å². The molecule has 4 unspecified atom stereocenters. The van der Waals surface area contributed by atoms with Crippen LogP contribution >= 0.6 is 0 Å². The Balaban J connectivity index is 1.67. The number of rotatable bonds is 2. The highest BCUT2D eigenvalue weighted by atomic mass is 16.5. The van der Waals surface area contributed by atoms with Crippen molar-refractivity contribution >= 4 is 0 Å². The van der Waals surface area contributed by atoms with Crippen LogP contribution < -0.4 is 5.73 Å². The maximum atomic E-state index is 6.35. The summed E-state index contributed by atoms with van der Waals surface area (Å²) in [5.74, 6) is 2.76. The maximum Gasteiger partial charge on any atom is 0.231 e. The van der Waals surface area contributed by atoms with Gasteiger partial charge in [-0.25, -0.2) is 0 Å². The fourth-order valence-electron chi connectivity index (χ4n) is 4.12. The van der Waals surface area contributed by atoms with Crippen molar-refractivity contribution in [2.24, 2.45) is 17.6 Å². The van der Waals surface area contributed by atoms with Crippen LogP contribution in [0.5, 0.6) is 0 Å². The molecule has 2 aromatic rings. The number of aryl methyl sites for hydroxylation is 2. The minimum absolute atomic E-state index is 0.170. The SMILES string of the molecule is Cc1cnc(-c2noc(C3C4CCC(C4)C3N)n2)c(C)c1. The number of nitrogens with zero attached hydrogens (tertiary/aromatic N) is 3.